The summed E-state index contributed by atoms with van der Waals surface area (Å²) in [4.78, 5) is 0. The second kappa shape index (κ2) is 10.2. The molecule has 0 fully saturated rings. The van der Waals surface area contributed by atoms with Crippen molar-refractivity contribution in [1.82, 2.24) is 14.9 Å². The van der Waals surface area contributed by atoms with Gasteiger partial charge in [-0.15, -0.1) is 0 Å². The van der Waals surface area contributed by atoms with Gasteiger partial charge in [0.2, 0.25) is 4.77 Å². The van der Waals surface area contributed by atoms with Gasteiger partial charge in [0.05, 0.1) is 26.3 Å². The average Bonchev–Trinajstić information content (AvgIpc) is 3.21. The molecule has 0 aliphatic heterocycles. The van der Waals surface area contributed by atoms with Crippen LogP contribution in [0.15, 0.2) is 66.7 Å². The van der Waals surface area contributed by atoms with E-state index in [1.807, 2.05) is 54.6 Å². The average molecular weight is 463 g/mol. The van der Waals surface area contributed by atoms with Gasteiger partial charge in [-0.3, -0.25) is 0 Å². The lowest BCUT2D eigenvalue weighted by molar-refractivity contribution is 0.281. The molecule has 0 atom stereocenters. The lowest BCUT2D eigenvalue weighted by Crippen LogP contribution is -2.17. The van der Waals surface area contributed by atoms with Gasteiger partial charge in [0.15, 0.2) is 17.3 Å². The van der Waals surface area contributed by atoms with Crippen LogP contribution in [0.2, 0.25) is 0 Å². The van der Waals surface area contributed by atoms with Crippen LogP contribution in [-0.2, 0) is 13.2 Å². The first-order valence-electron chi connectivity index (χ1n) is 10.5. The van der Waals surface area contributed by atoms with Gasteiger partial charge in [0.1, 0.15) is 12.4 Å². The highest BCUT2D eigenvalue weighted by molar-refractivity contribution is 7.71. The Morgan fingerprint density at radius 3 is 2.52 bits per heavy atom. The molecule has 33 heavy (non-hydrogen) atoms. The van der Waals surface area contributed by atoms with Crippen LogP contribution in [0, 0.1) is 11.7 Å². The van der Waals surface area contributed by atoms with E-state index in [9.17, 15) is 0 Å². The van der Waals surface area contributed by atoms with E-state index >= 15 is 0 Å². The summed E-state index contributed by atoms with van der Waals surface area (Å²) in [5.41, 5.74) is 7.39. The molecule has 0 aliphatic rings. The molecular formula is C25H26N4O3S. The van der Waals surface area contributed by atoms with Crippen molar-refractivity contribution in [3.63, 3.8) is 0 Å². The van der Waals surface area contributed by atoms with Gasteiger partial charge in [-0.05, 0) is 42.9 Å². The van der Waals surface area contributed by atoms with Crippen LogP contribution in [0.25, 0.3) is 11.4 Å². The van der Waals surface area contributed by atoms with E-state index < -0.39 is 0 Å². The van der Waals surface area contributed by atoms with Gasteiger partial charge in [0, 0.05) is 5.56 Å². The Hall–Kier alpha value is -3.78. The fraction of sp³-hybridized carbons (Fsp3) is 0.200. The SMILES string of the molecule is COc1ccccc1-c1n[nH]c(=S)n1NCc1cccc(OC)c1OCc1cccc(C)c1. The molecule has 0 radical (unpaired) electrons. The number of benzene rings is 3. The number of aromatic amines is 1. The van der Waals surface area contributed by atoms with Crippen LogP contribution in [0.4, 0.5) is 0 Å². The minimum absolute atomic E-state index is 0.437. The minimum atomic E-state index is 0.437. The second-order valence-electron chi connectivity index (χ2n) is 7.45. The van der Waals surface area contributed by atoms with Crippen molar-refractivity contribution in [2.75, 3.05) is 19.6 Å². The number of aryl methyl sites for hydroxylation is 1. The Morgan fingerprint density at radius 2 is 1.73 bits per heavy atom. The molecular weight excluding hydrogens is 436 g/mol. The van der Waals surface area contributed by atoms with Gasteiger partial charge in [-0.2, -0.15) is 5.10 Å². The Kier molecular flexibility index (Phi) is 6.95. The van der Waals surface area contributed by atoms with Crippen molar-refractivity contribution in [2.24, 2.45) is 0 Å². The zero-order chi connectivity index (χ0) is 23.2. The molecule has 4 rings (SSSR count). The van der Waals surface area contributed by atoms with Crippen LogP contribution < -0.4 is 19.6 Å². The largest absolute Gasteiger partial charge is 0.496 e. The number of hydrogen-bond acceptors (Lipinski definition) is 6. The maximum atomic E-state index is 6.21. The van der Waals surface area contributed by atoms with E-state index in [1.165, 1.54) is 5.56 Å². The van der Waals surface area contributed by atoms with E-state index in [2.05, 4.69) is 34.7 Å². The first kappa shape index (κ1) is 22.4. The highest BCUT2D eigenvalue weighted by Crippen LogP contribution is 2.32. The zero-order valence-corrected chi connectivity index (χ0v) is 19.6. The lowest BCUT2D eigenvalue weighted by atomic mass is 10.1. The number of rotatable bonds is 9. The standard InChI is InChI=1S/C25H26N4O3S/c1-17-8-6-9-18(14-17)16-32-23-19(10-7-13-22(23)31-3)15-26-29-24(27-28-25(29)33)20-11-4-5-12-21(20)30-2/h4-14,26H,15-16H2,1-3H3,(H,28,33). The van der Waals surface area contributed by atoms with E-state index in [1.54, 1.807) is 18.9 Å². The van der Waals surface area contributed by atoms with Gasteiger partial charge < -0.3 is 19.6 Å². The van der Waals surface area contributed by atoms with Crippen molar-refractivity contribution < 1.29 is 14.2 Å². The molecule has 8 heteroatoms. The summed E-state index contributed by atoms with van der Waals surface area (Å²) in [5.74, 6) is 2.69. The van der Waals surface area contributed by atoms with Gasteiger partial charge in [-0.25, -0.2) is 9.77 Å². The van der Waals surface area contributed by atoms with Crippen molar-refractivity contribution in [3.8, 4) is 28.6 Å². The molecule has 2 N–H and O–H groups in total. The quantitative estimate of drug-likeness (QED) is 0.331. The molecule has 0 unspecified atom stereocenters. The Labute approximate surface area is 197 Å². The summed E-state index contributed by atoms with van der Waals surface area (Å²) in [6.45, 7) is 2.94. The molecule has 1 aromatic heterocycles. The molecule has 0 bridgehead atoms. The van der Waals surface area contributed by atoms with E-state index in [0.717, 1.165) is 16.7 Å². The topological polar surface area (TPSA) is 73.3 Å². The number of nitrogens with one attached hydrogen (secondary N) is 2. The molecule has 4 aromatic rings. The summed E-state index contributed by atoms with van der Waals surface area (Å²) in [6, 6.07) is 21.7. The maximum Gasteiger partial charge on any atom is 0.214 e. The second-order valence-corrected chi connectivity index (χ2v) is 7.84. The fourth-order valence-corrected chi connectivity index (χ4v) is 3.80. The van der Waals surface area contributed by atoms with E-state index in [4.69, 9.17) is 26.4 Å². The normalized spacial score (nSPS) is 10.6. The van der Waals surface area contributed by atoms with Gasteiger partial charge in [0.25, 0.3) is 0 Å². The van der Waals surface area contributed by atoms with Crippen molar-refractivity contribution in [1.29, 1.82) is 0 Å². The summed E-state index contributed by atoms with van der Waals surface area (Å²) in [6.07, 6.45) is 0. The first-order chi connectivity index (χ1) is 16.1. The maximum absolute atomic E-state index is 6.21. The number of nitrogens with zero attached hydrogens (tertiary/aromatic N) is 2. The highest BCUT2D eigenvalue weighted by Gasteiger charge is 2.15. The van der Waals surface area contributed by atoms with Crippen LogP contribution in [0.1, 0.15) is 16.7 Å². The Bertz CT molecular complexity index is 1300. The summed E-state index contributed by atoms with van der Waals surface area (Å²) in [5, 5.41) is 7.25. The predicted octanol–water partition coefficient (Wildman–Crippen LogP) is 5.26. The number of methoxy groups -OCH3 is 2. The molecule has 1 heterocycles. The molecule has 3 aromatic carbocycles. The summed E-state index contributed by atoms with van der Waals surface area (Å²) >= 11 is 5.46. The van der Waals surface area contributed by atoms with Crippen LogP contribution in [0.3, 0.4) is 0 Å². The zero-order valence-electron chi connectivity index (χ0n) is 18.8. The lowest BCUT2D eigenvalue weighted by Gasteiger charge is -2.17. The molecule has 7 nitrogen and oxygen atoms in total. The third-order valence-corrected chi connectivity index (χ3v) is 5.47. The van der Waals surface area contributed by atoms with Crippen molar-refractivity contribution in [3.05, 3.63) is 88.2 Å². The Balaban J connectivity index is 1.60. The molecule has 0 amide bonds. The summed E-state index contributed by atoms with van der Waals surface area (Å²) < 4.78 is 19.4. The van der Waals surface area contributed by atoms with Gasteiger partial charge >= 0.3 is 0 Å². The molecule has 170 valence electrons. The molecule has 0 saturated carbocycles. The highest BCUT2D eigenvalue weighted by atomic mass is 32.1. The number of H-pyrrole nitrogens is 1. The van der Waals surface area contributed by atoms with E-state index in [0.29, 0.717) is 41.0 Å². The smallest absolute Gasteiger partial charge is 0.214 e. The number of ether oxygens (including phenoxy) is 3. The van der Waals surface area contributed by atoms with Crippen LogP contribution >= 0.6 is 12.2 Å². The number of hydrogen-bond donors (Lipinski definition) is 2. The monoisotopic (exact) mass is 462 g/mol. The van der Waals surface area contributed by atoms with Gasteiger partial charge in [-0.1, -0.05) is 54.1 Å². The third-order valence-electron chi connectivity index (χ3n) is 5.19. The molecule has 0 aliphatic carbocycles. The third kappa shape index (κ3) is 5.01. The van der Waals surface area contributed by atoms with E-state index in [-0.39, 0.29) is 0 Å². The molecule has 0 saturated heterocycles. The number of para-hydroxylation sites is 2. The Morgan fingerprint density at radius 1 is 0.970 bits per heavy atom. The molecule has 0 spiro atoms. The number of aromatic nitrogens is 3. The van der Waals surface area contributed by atoms with Crippen molar-refractivity contribution >= 4 is 12.2 Å². The minimum Gasteiger partial charge on any atom is -0.496 e. The first-order valence-corrected chi connectivity index (χ1v) is 10.9. The predicted molar refractivity (Wildman–Crippen MR) is 131 cm³/mol. The van der Waals surface area contributed by atoms with Crippen LogP contribution in [0.5, 0.6) is 17.2 Å². The van der Waals surface area contributed by atoms with Crippen LogP contribution in [-0.4, -0.2) is 29.1 Å². The summed E-state index contributed by atoms with van der Waals surface area (Å²) in [7, 11) is 3.27. The van der Waals surface area contributed by atoms with Crippen molar-refractivity contribution in [2.45, 2.75) is 20.1 Å². The fourth-order valence-electron chi connectivity index (χ4n) is 3.60.